The van der Waals surface area contributed by atoms with Crippen molar-refractivity contribution < 1.29 is 9.53 Å². The summed E-state index contributed by atoms with van der Waals surface area (Å²) in [4.78, 5) is 13.6. The summed E-state index contributed by atoms with van der Waals surface area (Å²) in [5.41, 5.74) is -0.391. The Bertz CT molecular complexity index is 203. The summed E-state index contributed by atoms with van der Waals surface area (Å²) in [6.07, 6.45) is 1.82. The quantitative estimate of drug-likeness (QED) is 0.666. The van der Waals surface area contributed by atoms with Crippen LogP contribution in [0.4, 0.5) is 4.79 Å². The van der Waals surface area contributed by atoms with E-state index in [1.807, 2.05) is 25.7 Å². The highest BCUT2D eigenvalue weighted by atomic mass is 16.6. The van der Waals surface area contributed by atoms with Gasteiger partial charge < -0.3 is 15.0 Å². The third-order valence-electron chi connectivity index (χ3n) is 2.21. The largest absolute Gasteiger partial charge is 0.444 e. The molecule has 4 heteroatoms. The highest BCUT2D eigenvalue weighted by Gasteiger charge is 2.21. The first-order valence-electron chi connectivity index (χ1n) is 5.68. The van der Waals surface area contributed by atoms with Crippen molar-refractivity contribution in [1.82, 2.24) is 10.2 Å². The number of nitrogens with one attached hydrogen (secondary N) is 1. The molecule has 0 radical (unpaired) electrons. The first kappa shape index (κ1) is 12.3. The lowest BCUT2D eigenvalue weighted by Crippen LogP contribution is -2.41. The molecule has 15 heavy (non-hydrogen) atoms. The molecule has 0 aliphatic carbocycles. The van der Waals surface area contributed by atoms with E-state index in [4.69, 9.17) is 4.74 Å². The van der Waals surface area contributed by atoms with Crippen LogP contribution in [0.3, 0.4) is 0 Å². The molecule has 88 valence electrons. The lowest BCUT2D eigenvalue weighted by molar-refractivity contribution is 0.0240. The van der Waals surface area contributed by atoms with Crippen molar-refractivity contribution >= 4 is 6.09 Å². The Labute approximate surface area is 92.0 Å². The number of nitrogens with zero attached hydrogens (tertiary/aromatic N) is 1. The van der Waals surface area contributed by atoms with E-state index in [2.05, 4.69) is 5.32 Å². The molecular weight excluding hydrogens is 192 g/mol. The molecule has 0 bridgehead atoms. The summed E-state index contributed by atoms with van der Waals surface area (Å²) in [6.45, 7) is 9.26. The molecule has 0 spiro atoms. The molecule has 0 aromatic rings. The van der Waals surface area contributed by atoms with E-state index >= 15 is 0 Å². The summed E-state index contributed by atoms with van der Waals surface area (Å²) in [6, 6.07) is 0. The van der Waals surface area contributed by atoms with Crippen LogP contribution in [0, 0.1) is 0 Å². The van der Waals surface area contributed by atoms with Gasteiger partial charge in [0.2, 0.25) is 0 Å². The fourth-order valence-corrected chi connectivity index (χ4v) is 1.54. The Hall–Kier alpha value is -0.770. The van der Waals surface area contributed by atoms with E-state index in [0.29, 0.717) is 0 Å². The van der Waals surface area contributed by atoms with E-state index in [9.17, 15) is 4.79 Å². The molecule has 0 unspecified atom stereocenters. The van der Waals surface area contributed by atoms with Crippen molar-refractivity contribution in [1.29, 1.82) is 0 Å². The first-order chi connectivity index (χ1) is 6.99. The molecule has 4 nitrogen and oxygen atoms in total. The second-order valence-electron chi connectivity index (χ2n) is 4.92. The van der Waals surface area contributed by atoms with Crippen molar-refractivity contribution in [3.8, 4) is 0 Å². The molecule has 0 aromatic heterocycles. The van der Waals surface area contributed by atoms with Crippen LogP contribution in [-0.2, 0) is 4.74 Å². The maximum Gasteiger partial charge on any atom is 0.410 e. The number of hydrogen-bond donors (Lipinski definition) is 1. The number of carbonyl (C=O) groups excluding carboxylic acids is 1. The second-order valence-corrected chi connectivity index (χ2v) is 4.92. The highest BCUT2D eigenvalue weighted by molar-refractivity contribution is 5.68. The Morgan fingerprint density at radius 2 is 1.73 bits per heavy atom. The predicted molar refractivity (Wildman–Crippen MR) is 59.9 cm³/mol. The molecule has 1 heterocycles. The van der Waals surface area contributed by atoms with Crippen LogP contribution in [0.1, 0.15) is 33.6 Å². The standard InChI is InChI=1S/C11H22N2O2/c1-11(2,3)15-10(14)13-8-4-6-12-7-5-9-13/h12H,4-9H2,1-3H3. The number of amides is 1. The van der Waals surface area contributed by atoms with Crippen molar-refractivity contribution in [3.05, 3.63) is 0 Å². The molecule has 0 aromatic carbocycles. The SMILES string of the molecule is CC(C)(C)OC(=O)N1CCCNCCC1. The smallest absolute Gasteiger partial charge is 0.410 e. The lowest BCUT2D eigenvalue weighted by atomic mass is 10.2. The van der Waals surface area contributed by atoms with Gasteiger partial charge in [-0.3, -0.25) is 0 Å². The summed E-state index contributed by atoms with van der Waals surface area (Å²) in [5.74, 6) is 0. The van der Waals surface area contributed by atoms with Crippen molar-refractivity contribution in [2.75, 3.05) is 26.2 Å². The number of rotatable bonds is 0. The van der Waals surface area contributed by atoms with Crippen LogP contribution in [0.5, 0.6) is 0 Å². The Kier molecular flexibility index (Phi) is 4.39. The van der Waals surface area contributed by atoms with Crippen molar-refractivity contribution in [3.63, 3.8) is 0 Å². The Morgan fingerprint density at radius 3 is 2.20 bits per heavy atom. The second kappa shape index (κ2) is 5.35. The van der Waals surface area contributed by atoms with E-state index in [1.165, 1.54) is 0 Å². The summed E-state index contributed by atoms with van der Waals surface area (Å²) >= 11 is 0. The van der Waals surface area contributed by atoms with Crippen LogP contribution in [0.15, 0.2) is 0 Å². The zero-order valence-electron chi connectivity index (χ0n) is 10.0. The van der Waals surface area contributed by atoms with Crippen LogP contribution < -0.4 is 5.32 Å². The zero-order valence-corrected chi connectivity index (χ0v) is 10.0. The van der Waals surface area contributed by atoms with E-state index in [0.717, 1.165) is 39.0 Å². The average molecular weight is 214 g/mol. The van der Waals surface area contributed by atoms with Gasteiger partial charge >= 0.3 is 6.09 Å². The predicted octanol–water partition coefficient (Wildman–Crippen LogP) is 1.61. The maximum atomic E-state index is 11.8. The van der Waals surface area contributed by atoms with Crippen LogP contribution in [-0.4, -0.2) is 42.8 Å². The average Bonchev–Trinajstić information content (AvgIpc) is 1.98. The van der Waals surface area contributed by atoms with Gasteiger partial charge in [0.25, 0.3) is 0 Å². The molecule has 1 amide bonds. The lowest BCUT2D eigenvalue weighted by Gasteiger charge is -2.28. The molecular formula is C11H22N2O2. The van der Waals surface area contributed by atoms with Gasteiger partial charge in [-0.25, -0.2) is 4.79 Å². The Morgan fingerprint density at radius 1 is 1.20 bits per heavy atom. The monoisotopic (exact) mass is 214 g/mol. The summed E-state index contributed by atoms with van der Waals surface area (Å²) in [5, 5.41) is 3.32. The number of ether oxygens (including phenoxy) is 1. The minimum absolute atomic E-state index is 0.176. The van der Waals surface area contributed by atoms with E-state index in [1.54, 1.807) is 0 Å². The summed E-state index contributed by atoms with van der Waals surface area (Å²) in [7, 11) is 0. The third kappa shape index (κ3) is 5.02. The van der Waals surface area contributed by atoms with Crippen molar-refractivity contribution in [2.24, 2.45) is 0 Å². The van der Waals surface area contributed by atoms with E-state index < -0.39 is 5.60 Å². The van der Waals surface area contributed by atoms with Gasteiger partial charge in [0.1, 0.15) is 5.60 Å². The normalized spacial score (nSPS) is 19.3. The molecule has 1 N–H and O–H groups in total. The van der Waals surface area contributed by atoms with Gasteiger partial charge in [-0.1, -0.05) is 0 Å². The minimum Gasteiger partial charge on any atom is -0.444 e. The topological polar surface area (TPSA) is 41.6 Å². The summed E-state index contributed by atoms with van der Waals surface area (Å²) < 4.78 is 5.34. The molecule has 0 atom stereocenters. The van der Waals surface area contributed by atoms with Gasteiger partial charge in [-0.15, -0.1) is 0 Å². The molecule has 1 rings (SSSR count). The Balaban J connectivity index is 2.42. The fraction of sp³-hybridized carbons (Fsp3) is 0.909. The number of carbonyl (C=O) groups is 1. The van der Waals surface area contributed by atoms with Crippen LogP contribution in [0.25, 0.3) is 0 Å². The minimum atomic E-state index is -0.391. The molecule has 1 fully saturated rings. The molecule has 1 saturated heterocycles. The highest BCUT2D eigenvalue weighted by Crippen LogP contribution is 2.10. The van der Waals surface area contributed by atoms with Gasteiger partial charge in [-0.2, -0.15) is 0 Å². The maximum absolute atomic E-state index is 11.8. The third-order valence-corrected chi connectivity index (χ3v) is 2.21. The molecule has 1 aliphatic rings. The first-order valence-corrected chi connectivity index (χ1v) is 5.68. The molecule has 1 aliphatic heterocycles. The number of hydrogen-bond acceptors (Lipinski definition) is 3. The van der Waals surface area contributed by atoms with Gasteiger partial charge in [-0.05, 0) is 46.7 Å². The van der Waals surface area contributed by atoms with Gasteiger partial charge in [0.05, 0.1) is 0 Å². The van der Waals surface area contributed by atoms with Crippen LogP contribution >= 0.6 is 0 Å². The fourth-order valence-electron chi connectivity index (χ4n) is 1.54. The van der Waals surface area contributed by atoms with Crippen molar-refractivity contribution in [2.45, 2.75) is 39.2 Å². The van der Waals surface area contributed by atoms with Gasteiger partial charge in [0.15, 0.2) is 0 Å². The zero-order chi connectivity index (χ0) is 11.3. The van der Waals surface area contributed by atoms with Crippen LogP contribution in [0.2, 0.25) is 0 Å². The molecule has 0 saturated carbocycles. The van der Waals surface area contributed by atoms with E-state index in [-0.39, 0.29) is 6.09 Å². The van der Waals surface area contributed by atoms with Gasteiger partial charge in [0, 0.05) is 13.1 Å².